The van der Waals surface area contributed by atoms with Crippen molar-refractivity contribution < 1.29 is 28.1 Å². The molecule has 0 unspecified atom stereocenters. The van der Waals surface area contributed by atoms with Gasteiger partial charge in [-0.15, -0.1) is 10.2 Å². The molecule has 42 heavy (non-hydrogen) atoms. The third-order valence-electron chi connectivity index (χ3n) is 6.29. The lowest BCUT2D eigenvalue weighted by atomic mass is 10.1. The number of para-hydroxylation sites is 1. The third-order valence-corrected chi connectivity index (χ3v) is 10.1. The van der Waals surface area contributed by atoms with Gasteiger partial charge in [0, 0.05) is 12.3 Å². The van der Waals surface area contributed by atoms with Gasteiger partial charge in [-0.3, -0.25) is 4.57 Å². The molecule has 0 amide bonds. The van der Waals surface area contributed by atoms with Crippen molar-refractivity contribution >= 4 is 46.1 Å². The minimum absolute atomic E-state index is 0.0302. The molecule has 0 aliphatic rings. The molecular weight excluding hydrogens is 695 g/mol. The lowest BCUT2D eigenvalue weighted by Gasteiger charge is -2.29. The maximum atomic E-state index is 14.2. The summed E-state index contributed by atoms with van der Waals surface area (Å²) in [5.74, 6) is 0.380. The number of aliphatic hydroxyl groups is 1. The first kappa shape index (κ1) is 31.2. The van der Waals surface area contributed by atoms with Gasteiger partial charge in [-0.25, -0.2) is 17.7 Å². The highest BCUT2D eigenvalue weighted by Gasteiger charge is 2.38. The smallest absolute Gasteiger partial charge is 0.246 e. The van der Waals surface area contributed by atoms with Gasteiger partial charge < -0.3 is 19.7 Å². The molecule has 2 heterocycles. The molecular formula is C27H25IN6O6S2. The number of anilines is 1. The number of aliphatic hydroxyl groups excluding tert-OH is 1. The van der Waals surface area contributed by atoms with Gasteiger partial charge >= 0.3 is 0 Å². The van der Waals surface area contributed by atoms with Crippen molar-refractivity contribution in [1.82, 2.24) is 19.7 Å². The van der Waals surface area contributed by atoms with Gasteiger partial charge in [0.25, 0.3) is 0 Å². The summed E-state index contributed by atoms with van der Waals surface area (Å²) < 4.78 is 41.5. The van der Waals surface area contributed by atoms with Crippen molar-refractivity contribution in [2.75, 3.05) is 30.8 Å². The van der Waals surface area contributed by atoms with Gasteiger partial charge in [-0.2, -0.15) is 5.26 Å². The van der Waals surface area contributed by atoms with Crippen LogP contribution in [0.3, 0.4) is 0 Å². The largest absolute Gasteiger partial charge is 0.506 e. The van der Waals surface area contributed by atoms with Gasteiger partial charge in [-0.05, 0) is 64.0 Å². The zero-order valence-corrected chi connectivity index (χ0v) is 26.4. The molecule has 218 valence electrons. The monoisotopic (exact) mass is 720 g/mol. The number of phenols is 1. The van der Waals surface area contributed by atoms with Crippen LogP contribution in [0.1, 0.15) is 24.2 Å². The molecule has 0 aliphatic heterocycles. The van der Waals surface area contributed by atoms with E-state index < -0.39 is 21.4 Å². The average molecular weight is 721 g/mol. The second-order valence-corrected chi connectivity index (χ2v) is 13.4. The average Bonchev–Trinajstić information content (AvgIpc) is 3.44. The van der Waals surface area contributed by atoms with Gasteiger partial charge in [0.05, 0.1) is 38.0 Å². The number of aromatic hydroxyl groups is 1. The Kier molecular flexibility index (Phi) is 10.00. The molecule has 0 saturated heterocycles. The zero-order valence-electron chi connectivity index (χ0n) is 22.6. The van der Waals surface area contributed by atoms with E-state index >= 15 is 0 Å². The number of rotatable bonds is 12. The predicted octanol–water partition coefficient (Wildman–Crippen LogP) is 3.87. The molecule has 2 aromatic heterocycles. The Morgan fingerprint density at radius 3 is 2.57 bits per heavy atom. The number of benzene rings is 2. The van der Waals surface area contributed by atoms with E-state index in [4.69, 9.17) is 14.7 Å². The number of aromatic nitrogens is 4. The van der Waals surface area contributed by atoms with E-state index in [2.05, 4.69) is 48.5 Å². The van der Waals surface area contributed by atoms with Gasteiger partial charge in [0.2, 0.25) is 21.9 Å². The number of nitrogens with zero attached hydrogens (tertiary/aromatic N) is 6. The zero-order chi connectivity index (χ0) is 30.4. The molecule has 0 saturated carbocycles. The van der Waals surface area contributed by atoms with Crippen LogP contribution in [0.4, 0.5) is 5.95 Å². The summed E-state index contributed by atoms with van der Waals surface area (Å²) in [6.45, 7) is 1.34. The minimum atomic E-state index is -4.34. The summed E-state index contributed by atoms with van der Waals surface area (Å²) in [6.07, 6.45) is -1.43. The fourth-order valence-corrected chi connectivity index (χ4v) is 6.63. The van der Waals surface area contributed by atoms with Crippen LogP contribution in [0.15, 0.2) is 48.5 Å². The first-order valence-electron chi connectivity index (χ1n) is 12.3. The van der Waals surface area contributed by atoms with E-state index in [0.29, 0.717) is 16.9 Å². The predicted molar refractivity (Wildman–Crippen MR) is 165 cm³/mol. The molecule has 4 aromatic rings. The Morgan fingerprint density at radius 2 is 1.93 bits per heavy atom. The first-order chi connectivity index (χ1) is 20.2. The standard InChI is InChI=1S/C27H25IN6O6S2/c1-17(25(36)19-12-10-18(16-29)11-13-19)42(37,38)33(14-15-41-28)27-32-31-26(20-6-4-9-23(30-20)40-3)34(27)24-21(35)7-5-8-22(24)39-2/h5,7-13,17,25,35-36H,14-15H2,1-3H3/t17-,25-/m0/s1. The van der Waals surface area contributed by atoms with Crippen molar-refractivity contribution in [3.8, 4) is 40.7 Å². The third kappa shape index (κ3) is 6.19. The Morgan fingerprint density at radius 1 is 1.19 bits per heavy atom. The fourth-order valence-electron chi connectivity index (χ4n) is 4.09. The summed E-state index contributed by atoms with van der Waals surface area (Å²) in [5, 5.41) is 38.4. The van der Waals surface area contributed by atoms with Crippen molar-refractivity contribution in [2.24, 2.45) is 0 Å². The number of ether oxygens (including phenoxy) is 2. The Bertz CT molecular complexity index is 1690. The van der Waals surface area contributed by atoms with Crippen LogP contribution in [0.25, 0.3) is 17.2 Å². The van der Waals surface area contributed by atoms with Crippen LogP contribution in [-0.4, -0.2) is 70.1 Å². The van der Waals surface area contributed by atoms with E-state index in [1.54, 1.807) is 12.1 Å². The second kappa shape index (κ2) is 13.5. The molecule has 0 fully saturated rings. The van der Waals surface area contributed by atoms with E-state index in [0.717, 1.165) is 4.31 Å². The Balaban J connectivity index is 1.93. The van der Waals surface area contributed by atoms with E-state index in [1.165, 1.54) is 71.0 Å². The van der Waals surface area contributed by atoms with Crippen LogP contribution >= 0.6 is 30.1 Å². The topological polar surface area (TPSA) is 164 Å². The van der Waals surface area contributed by atoms with Crippen molar-refractivity contribution in [1.29, 1.82) is 5.26 Å². The highest BCUT2D eigenvalue weighted by Crippen LogP contribution is 2.39. The van der Waals surface area contributed by atoms with Crippen LogP contribution in [-0.2, 0) is 10.0 Å². The van der Waals surface area contributed by atoms with Crippen LogP contribution in [0, 0.1) is 23.5 Å². The molecule has 15 heteroatoms. The number of phenolic OH excluding ortho intramolecular Hbond substituents is 1. The van der Waals surface area contributed by atoms with Crippen molar-refractivity contribution in [2.45, 2.75) is 18.3 Å². The van der Waals surface area contributed by atoms with Crippen molar-refractivity contribution in [3.05, 3.63) is 71.8 Å². The van der Waals surface area contributed by atoms with Crippen LogP contribution < -0.4 is 13.8 Å². The fraction of sp³-hybridized carbons (Fsp3) is 0.259. The SMILES string of the molecule is COc1cc#cc(-c2nnc(N(CCSI)S(=O)(=O)[C@@H](C)[C@H](O)c3ccc(C#N)cc3)n2-c2c(O)cccc2OC)n1. The maximum absolute atomic E-state index is 14.2. The summed E-state index contributed by atoms with van der Waals surface area (Å²) in [7, 11) is -0.125. The first-order valence-corrected chi connectivity index (χ1v) is 17.3. The molecule has 2 atom stereocenters. The summed E-state index contributed by atoms with van der Waals surface area (Å²) >= 11 is 2.06. The summed E-state index contributed by atoms with van der Waals surface area (Å²) in [5.41, 5.74) is 0.878. The van der Waals surface area contributed by atoms with Crippen LogP contribution in [0.5, 0.6) is 17.4 Å². The molecule has 12 nitrogen and oxygen atoms in total. The second-order valence-electron chi connectivity index (χ2n) is 8.72. The van der Waals surface area contributed by atoms with Crippen LogP contribution in [0.2, 0.25) is 0 Å². The number of nitriles is 1. The quantitative estimate of drug-likeness (QED) is 0.204. The highest BCUT2D eigenvalue weighted by molar-refractivity contribution is 14.2. The highest BCUT2D eigenvalue weighted by atomic mass is 127. The van der Waals surface area contributed by atoms with Gasteiger partial charge in [-0.1, -0.05) is 33.2 Å². The maximum Gasteiger partial charge on any atom is 0.246 e. The number of sulfonamides is 1. The molecule has 0 spiro atoms. The summed E-state index contributed by atoms with van der Waals surface area (Å²) in [4.78, 5) is 4.36. The number of methoxy groups -OCH3 is 2. The van der Waals surface area contributed by atoms with Gasteiger partial charge in [0.1, 0.15) is 22.4 Å². The molecule has 0 aliphatic carbocycles. The summed E-state index contributed by atoms with van der Waals surface area (Å²) in [6, 6.07) is 19.7. The minimum Gasteiger partial charge on any atom is -0.506 e. The Labute approximate surface area is 259 Å². The molecule has 0 radical (unpaired) electrons. The molecule has 4 rings (SSSR count). The number of hydrogen-bond acceptors (Lipinski definition) is 11. The normalized spacial score (nSPS) is 12.6. The molecule has 2 N–H and O–H groups in total. The number of hydrogen-bond donors (Lipinski definition) is 2. The van der Waals surface area contributed by atoms with E-state index in [1.807, 2.05) is 6.07 Å². The number of halogens is 1. The van der Waals surface area contributed by atoms with E-state index in [9.17, 15) is 18.6 Å². The molecule has 0 bridgehead atoms. The van der Waals surface area contributed by atoms with E-state index in [-0.39, 0.29) is 47.1 Å². The lowest BCUT2D eigenvalue weighted by Crippen LogP contribution is -2.43. The lowest BCUT2D eigenvalue weighted by molar-refractivity contribution is 0.176. The molecule has 2 aromatic carbocycles. The Hall–Kier alpha value is -3.77. The van der Waals surface area contributed by atoms with Gasteiger partial charge in [0.15, 0.2) is 11.5 Å². The van der Waals surface area contributed by atoms with Crippen molar-refractivity contribution in [3.63, 3.8) is 0 Å².